The molecule has 1 aliphatic rings. The van der Waals surface area contributed by atoms with Crippen LogP contribution in [0.25, 0.3) is 0 Å². The van der Waals surface area contributed by atoms with E-state index in [0.29, 0.717) is 18.4 Å². The van der Waals surface area contributed by atoms with Crippen LogP contribution in [0.15, 0.2) is 12.7 Å². The predicted molar refractivity (Wildman–Crippen MR) is 68.8 cm³/mol. The average Bonchev–Trinajstić information content (AvgIpc) is 2.43. The maximum atomic E-state index is 10.5. The van der Waals surface area contributed by atoms with Gasteiger partial charge in [0.2, 0.25) is 0 Å². The molecule has 0 aromatic carbocycles. The van der Waals surface area contributed by atoms with Crippen LogP contribution in [0, 0.1) is 5.92 Å². The molecule has 0 aromatic heterocycles. The second kappa shape index (κ2) is 4.94. The highest BCUT2D eigenvalue weighted by Crippen LogP contribution is 2.33. The Balaban J connectivity index is 2.75. The summed E-state index contributed by atoms with van der Waals surface area (Å²) in [6.45, 7) is 8.03. The van der Waals surface area contributed by atoms with E-state index in [9.17, 15) is 5.11 Å². The van der Waals surface area contributed by atoms with E-state index >= 15 is 0 Å². The SMILES string of the molecule is C=CC[C@]1(O)C[C@H](CI)N[C@H]1C(C)C. The zero-order valence-electron chi connectivity index (χ0n) is 8.96. The van der Waals surface area contributed by atoms with Crippen LogP contribution in [0.2, 0.25) is 0 Å². The fraction of sp³-hybridized carbons (Fsp3) is 0.818. The van der Waals surface area contributed by atoms with Crippen molar-refractivity contribution in [2.24, 2.45) is 5.92 Å². The maximum Gasteiger partial charge on any atom is 0.0851 e. The van der Waals surface area contributed by atoms with Gasteiger partial charge in [-0.05, 0) is 18.8 Å². The third-order valence-corrected chi connectivity index (χ3v) is 4.01. The first kappa shape index (κ1) is 12.5. The zero-order valence-corrected chi connectivity index (χ0v) is 11.1. The molecule has 0 aromatic rings. The maximum absolute atomic E-state index is 10.5. The van der Waals surface area contributed by atoms with Gasteiger partial charge in [-0.3, -0.25) is 0 Å². The smallest absolute Gasteiger partial charge is 0.0851 e. The van der Waals surface area contributed by atoms with Gasteiger partial charge in [-0.25, -0.2) is 0 Å². The van der Waals surface area contributed by atoms with Crippen LogP contribution in [0.4, 0.5) is 0 Å². The number of aliphatic hydroxyl groups is 1. The molecular formula is C11H20INO. The summed E-state index contributed by atoms with van der Waals surface area (Å²) < 4.78 is 1.06. The Labute approximate surface area is 100 Å². The van der Waals surface area contributed by atoms with Crippen molar-refractivity contribution in [2.75, 3.05) is 4.43 Å². The number of alkyl halides is 1. The van der Waals surface area contributed by atoms with E-state index in [2.05, 4.69) is 48.3 Å². The second-order valence-electron chi connectivity index (χ2n) is 4.54. The summed E-state index contributed by atoms with van der Waals surface area (Å²) >= 11 is 2.37. The van der Waals surface area contributed by atoms with Crippen LogP contribution in [-0.4, -0.2) is 27.2 Å². The first-order valence-corrected chi connectivity index (χ1v) is 6.71. The molecule has 0 spiro atoms. The third kappa shape index (κ3) is 2.49. The van der Waals surface area contributed by atoms with E-state index in [-0.39, 0.29) is 6.04 Å². The van der Waals surface area contributed by atoms with E-state index < -0.39 is 5.60 Å². The lowest BCUT2D eigenvalue weighted by molar-refractivity contribution is 0.0158. The third-order valence-electron chi connectivity index (χ3n) is 2.94. The summed E-state index contributed by atoms with van der Waals surface area (Å²) in [5.41, 5.74) is -0.578. The Hall–Kier alpha value is 0.390. The number of rotatable bonds is 4. The number of hydrogen-bond acceptors (Lipinski definition) is 2. The van der Waals surface area contributed by atoms with Crippen molar-refractivity contribution in [1.29, 1.82) is 0 Å². The van der Waals surface area contributed by atoms with Crippen LogP contribution in [0.3, 0.4) is 0 Å². The highest BCUT2D eigenvalue weighted by atomic mass is 127. The standard InChI is InChI=1S/C11H20INO/c1-4-5-11(14)6-9(7-12)13-10(11)8(2)3/h4,8-10,13-14H,1,5-7H2,2-3H3/t9-,10+,11+/m1/s1. The van der Waals surface area contributed by atoms with E-state index in [4.69, 9.17) is 0 Å². The molecule has 2 nitrogen and oxygen atoms in total. The Morgan fingerprint density at radius 1 is 1.71 bits per heavy atom. The molecule has 14 heavy (non-hydrogen) atoms. The van der Waals surface area contributed by atoms with Gasteiger partial charge in [0.25, 0.3) is 0 Å². The van der Waals surface area contributed by atoms with E-state index in [1.165, 1.54) is 0 Å². The summed E-state index contributed by atoms with van der Waals surface area (Å²) in [4.78, 5) is 0. The highest BCUT2D eigenvalue weighted by molar-refractivity contribution is 14.1. The Morgan fingerprint density at radius 2 is 2.36 bits per heavy atom. The predicted octanol–water partition coefficient (Wildman–Crippen LogP) is 2.12. The molecule has 3 heteroatoms. The number of hydrogen-bond donors (Lipinski definition) is 2. The largest absolute Gasteiger partial charge is 0.388 e. The van der Waals surface area contributed by atoms with Gasteiger partial charge in [0.15, 0.2) is 0 Å². The van der Waals surface area contributed by atoms with Gasteiger partial charge < -0.3 is 10.4 Å². The Morgan fingerprint density at radius 3 is 2.79 bits per heavy atom. The molecule has 0 amide bonds. The molecule has 0 radical (unpaired) electrons. The fourth-order valence-electron chi connectivity index (χ4n) is 2.39. The van der Waals surface area contributed by atoms with E-state index in [1.54, 1.807) is 0 Å². The monoisotopic (exact) mass is 309 g/mol. The summed E-state index contributed by atoms with van der Waals surface area (Å²) in [5.74, 6) is 0.466. The normalized spacial score (nSPS) is 37.8. The summed E-state index contributed by atoms with van der Waals surface area (Å²) in [5, 5.41) is 14.0. The van der Waals surface area contributed by atoms with Crippen LogP contribution in [0.1, 0.15) is 26.7 Å². The first-order chi connectivity index (χ1) is 6.53. The molecule has 2 N–H and O–H groups in total. The second-order valence-corrected chi connectivity index (χ2v) is 5.42. The van der Waals surface area contributed by atoms with Crippen LogP contribution < -0.4 is 5.32 Å². The van der Waals surface area contributed by atoms with Gasteiger partial charge in [0.05, 0.1) is 5.60 Å². The minimum atomic E-state index is -0.578. The average molecular weight is 309 g/mol. The van der Waals surface area contributed by atoms with Crippen molar-refractivity contribution < 1.29 is 5.11 Å². The molecule has 1 rings (SSSR count). The zero-order chi connectivity index (χ0) is 10.8. The van der Waals surface area contributed by atoms with Crippen LogP contribution in [-0.2, 0) is 0 Å². The Bertz CT molecular complexity index is 207. The van der Waals surface area contributed by atoms with E-state index in [1.807, 2.05) is 6.08 Å². The quantitative estimate of drug-likeness (QED) is 0.474. The van der Waals surface area contributed by atoms with Gasteiger partial charge in [0.1, 0.15) is 0 Å². The van der Waals surface area contributed by atoms with Gasteiger partial charge in [-0.2, -0.15) is 0 Å². The van der Waals surface area contributed by atoms with Gasteiger partial charge in [-0.1, -0.05) is 42.5 Å². The molecule has 0 saturated carbocycles. The molecular weight excluding hydrogens is 289 g/mol. The summed E-state index contributed by atoms with van der Waals surface area (Å²) in [6, 6.07) is 0.660. The molecule has 3 atom stereocenters. The molecule has 1 fully saturated rings. The van der Waals surface area contributed by atoms with Crippen molar-refractivity contribution in [3.63, 3.8) is 0 Å². The molecule has 0 aliphatic carbocycles. The van der Waals surface area contributed by atoms with Gasteiger partial charge in [0, 0.05) is 16.5 Å². The number of halogens is 1. The van der Waals surface area contributed by atoms with Crippen LogP contribution >= 0.6 is 22.6 Å². The molecule has 82 valence electrons. The van der Waals surface area contributed by atoms with Gasteiger partial charge in [-0.15, -0.1) is 6.58 Å². The van der Waals surface area contributed by atoms with Crippen molar-refractivity contribution in [2.45, 2.75) is 44.4 Å². The van der Waals surface area contributed by atoms with E-state index in [0.717, 1.165) is 10.8 Å². The number of nitrogens with one attached hydrogen (secondary N) is 1. The summed E-state index contributed by atoms with van der Waals surface area (Å²) in [6.07, 6.45) is 3.37. The topological polar surface area (TPSA) is 32.3 Å². The van der Waals surface area contributed by atoms with Gasteiger partial charge >= 0.3 is 0 Å². The lowest BCUT2D eigenvalue weighted by Gasteiger charge is -2.31. The molecule has 0 unspecified atom stereocenters. The molecule has 1 aliphatic heterocycles. The summed E-state index contributed by atoms with van der Waals surface area (Å²) in [7, 11) is 0. The lowest BCUT2D eigenvalue weighted by Crippen LogP contribution is -2.46. The minimum Gasteiger partial charge on any atom is -0.388 e. The highest BCUT2D eigenvalue weighted by Gasteiger charge is 2.45. The van der Waals surface area contributed by atoms with Crippen molar-refractivity contribution in [1.82, 2.24) is 5.32 Å². The van der Waals surface area contributed by atoms with Crippen LogP contribution in [0.5, 0.6) is 0 Å². The molecule has 1 heterocycles. The molecule has 1 saturated heterocycles. The van der Waals surface area contributed by atoms with Crippen molar-refractivity contribution in [3.8, 4) is 0 Å². The van der Waals surface area contributed by atoms with Crippen molar-refractivity contribution >= 4 is 22.6 Å². The van der Waals surface area contributed by atoms with Crippen molar-refractivity contribution in [3.05, 3.63) is 12.7 Å². The minimum absolute atomic E-state index is 0.209. The Kier molecular flexibility index (Phi) is 4.40. The molecule has 0 bridgehead atoms. The fourth-order valence-corrected chi connectivity index (χ4v) is 2.96. The lowest BCUT2D eigenvalue weighted by atomic mass is 9.84. The first-order valence-electron chi connectivity index (χ1n) is 5.19.